The van der Waals surface area contributed by atoms with E-state index < -0.39 is 29.7 Å². The second-order valence-corrected chi connectivity index (χ2v) is 4.43. The van der Waals surface area contributed by atoms with Gasteiger partial charge < -0.3 is 4.74 Å². The van der Waals surface area contributed by atoms with Crippen molar-refractivity contribution >= 4 is 17.7 Å². The lowest BCUT2D eigenvalue weighted by molar-refractivity contribution is -0.139. The Balaban J connectivity index is 2.85. The van der Waals surface area contributed by atoms with E-state index in [1.807, 2.05) is 0 Å². The number of nitrogens with zero attached hydrogens (tertiary/aromatic N) is 1. The average molecular weight is 289 g/mol. The van der Waals surface area contributed by atoms with Crippen LogP contribution in [0.5, 0.6) is 0 Å². The van der Waals surface area contributed by atoms with Gasteiger partial charge in [-0.05, 0) is 25.8 Å². The van der Waals surface area contributed by atoms with Gasteiger partial charge in [-0.25, -0.2) is 9.80 Å². The van der Waals surface area contributed by atoms with E-state index >= 15 is 0 Å². The van der Waals surface area contributed by atoms with Crippen LogP contribution in [-0.2, 0) is 14.3 Å². The predicted octanol–water partition coefficient (Wildman–Crippen LogP) is 1.23. The Labute approximate surface area is 115 Å². The van der Waals surface area contributed by atoms with Crippen molar-refractivity contribution < 1.29 is 23.1 Å². The predicted molar refractivity (Wildman–Crippen MR) is 67.1 cm³/mol. The van der Waals surface area contributed by atoms with Crippen molar-refractivity contribution in [1.82, 2.24) is 10.4 Å². The highest BCUT2D eigenvalue weighted by Crippen LogP contribution is 2.35. The molecule has 0 aromatic heterocycles. The highest BCUT2D eigenvalue weighted by molar-refractivity contribution is 6.34. The Morgan fingerprint density at radius 3 is 2.75 bits per heavy atom. The maximum absolute atomic E-state index is 14.0. The van der Waals surface area contributed by atoms with Gasteiger partial charge in [0, 0.05) is 6.42 Å². The SMILES string of the molecule is C=C(C)C(F)(F)[C@@H]1CCC(=O)N1NC(=N)C(=O)OCC. The number of carbonyl (C=O) groups excluding carboxylic acids is 2. The minimum absolute atomic E-state index is 0.0438. The molecule has 1 atom stereocenters. The normalized spacial score (nSPS) is 18.9. The number of alkyl halides is 2. The van der Waals surface area contributed by atoms with E-state index in [-0.39, 0.29) is 25.0 Å². The third-order valence-electron chi connectivity index (χ3n) is 2.91. The van der Waals surface area contributed by atoms with Crippen LogP contribution in [0.15, 0.2) is 12.2 Å². The lowest BCUT2D eigenvalue weighted by Crippen LogP contribution is -2.55. The number of rotatable bonds is 4. The number of hydrazine groups is 1. The lowest BCUT2D eigenvalue weighted by Gasteiger charge is -2.31. The van der Waals surface area contributed by atoms with E-state index in [0.29, 0.717) is 5.01 Å². The smallest absolute Gasteiger partial charge is 0.375 e. The third kappa shape index (κ3) is 3.12. The molecule has 0 spiro atoms. The summed E-state index contributed by atoms with van der Waals surface area (Å²) in [7, 11) is 0. The van der Waals surface area contributed by atoms with Gasteiger partial charge in [-0.15, -0.1) is 0 Å². The van der Waals surface area contributed by atoms with Gasteiger partial charge >= 0.3 is 5.97 Å². The summed E-state index contributed by atoms with van der Waals surface area (Å²) in [6, 6.07) is -1.47. The molecular formula is C12H17F2N3O3. The number of nitrogens with one attached hydrogen (secondary N) is 2. The summed E-state index contributed by atoms with van der Waals surface area (Å²) in [5.74, 6) is -5.67. The van der Waals surface area contributed by atoms with Gasteiger partial charge in [0.15, 0.2) is 0 Å². The van der Waals surface area contributed by atoms with Crippen LogP contribution < -0.4 is 5.43 Å². The molecule has 0 radical (unpaired) electrons. The lowest BCUT2D eigenvalue weighted by atomic mass is 10.0. The Bertz CT molecular complexity index is 451. The van der Waals surface area contributed by atoms with Crippen LogP contribution in [0.1, 0.15) is 26.7 Å². The molecule has 8 heteroatoms. The monoisotopic (exact) mass is 289 g/mol. The molecule has 1 aliphatic rings. The van der Waals surface area contributed by atoms with Crippen LogP contribution in [0.3, 0.4) is 0 Å². The Hall–Kier alpha value is -1.99. The van der Waals surface area contributed by atoms with Crippen LogP contribution in [0.25, 0.3) is 0 Å². The zero-order valence-corrected chi connectivity index (χ0v) is 11.3. The summed E-state index contributed by atoms with van der Waals surface area (Å²) >= 11 is 0. The fourth-order valence-corrected chi connectivity index (χ4v) is 1.82. The standard InChI is InChI=1S/C12H17F2N3O3/c1-4-20-11(19)10(15)16-17-8(5-6-9(17)18)12(13,14)7(2)3/h8H,2,4-6H2,1,3H3,(H2,15,16)/t8-/m0/s1. The van der Waals surface area contributed by atoms with Crippen molar-refractivity contribution in [3.8, 4) is 0 Å². The molecule has 1 heterocycles. The van der Waals surface area contributed by atoms with Gasteiger partial charge in [-0.1, -0.05) is 6.58 Å². The van der Waals surface area contributed by atoms with E-state index in [1.54, 1.807) is 6.92 Å². The molecular weight excluding hydrogens is 272 g/mol. The van der Waals surface area contributed by atoms with Crippen molar-refractivity contribution in [3.05, 3.63) is 12.2 Å². The second-order valence-electron chi connectivity index (χ2n) is 4.43. The topological polar surface area (TPSA) is 82.5 Å². The molecule has 1 saturated heterocycles. The largest absolute Gasteiger partial charge is 0.460 e. The van der Waals surface area contributed by atoms with Gasteiger partial charge in [0.25, 0.3) is 5.92 Å². The van der Waals surface area contributed by atoms with Gasteiger partial charge in [0.05, 0.1) is 6.61 Å². The quantitative estimate of drug-likeness (QED) is 0.353. The second kappa shape index (κ2) is 5.98. The van der Waals surface area contributed by atoms with Crippen LogP contribution in [0.4, 0.5) is 8.78 Å². The van der Waals surface area contributed by atoms with Crippen LogP contribution in [0, 0.1) is 5.41 Å². The van der Waals surface area contributed by atoms with E-state index in [0.717, 1.165) is 6.92 Å². The van der Waals surface area contributed by atoms with E-state index in [2.05, 4.69) is 16.7 Å². The van der Waals surface area contributed by atoms with Crippen molar-refractivity contribution in [2.45, 2.75) is 38.7 Å². The van der Waals surface area contributed by atoms with Crippen molar-refractivity contribution in [3.63, 3.8) is 0 Å². The zero-order valence-electron chi connectivity index (χ0n) is 11.3. The molecule has 2 N–H and O–H groups in total. The molecule has 6 nitrogen and oxygen atoms in total. The maximum atomic E-state index is 14.0. The summed E-state index contributed by atoms with van der Waals surface area (Å²) in [5, 5.41) is 8.03. The number of hydrogen-bond donors (Lipinski definition) is 2. The Kier molecular flexibility index (Phi) is 4.80. The first-order chi connectivity index (χ1) is 9.21. The highest BCUT2D eigenvalue weighted by atomic mass is 19.3. The average Bonchev–Trinajstić information content (AvgIpc) is 2.71. The summed E-state index contributed by atoms with van der Waals surface area (Å²) in [5.41, 5.74) is 1.71. The van der Waals surface area contributed by atoms with Gasteiger partial charge in [0.2, 0.25) is 11.7 Å². The van der Waals surface area contributed by atoms with Crippen LogP contribution >= 0.6 is 0 Å². The molecule has 1 amide bonds. The van der Waals surface area contributed by atoms with Crippen molar-refractivity contribution in [2.75, 3.05) is 6.61 Å². The number of hydrogen-bond acceptors (Lipinski definition) is 4. The molecule has 0 aromatic carbocycles. The fraction of sp³-hybridized carbons (Fsp3) is 0.583. The van der Waals surface area contributed by atoms with E-state index in [1.165, 1.54) is 0 Å². The maximum Gasteiger partial charge on any atom is 0.375 e. The molecule has 0 bridgehead atoms. The number of amidine groups is 1. The Morgan fingerprint density at radius 2 is 2.25 bits per heavy atom. The number of ether oxygens (including phenoxy) is 1. The molecule has 0 aliphatic carbocycles. The summed E-state index contributed by atoms with van der Waals surface area (Å²) in [6.07, 6.45) is -0.168. The third-order valence-corrected chi connectivity index (χ3v) is 2.91. The number of amides is 1. The molecule has 1 rings (SSSR count). The first-order valence-electron chi connectivity index (χ1n) is 6.10. The first-order valence-corrected chi connectivity index (χ1v) is 6.10. The van der Waals surface area contributed by atoms with Crippen molar-refractivity contribution in [2.24, 2.45) is 0 Å². The number of halogens is 2. The van der Waals surface area contributed by atoms with Gasteiger partial charge in [0.1, 0.15) is 6.04 Å². The number of carbonyl (C=O) groups is 2. The molecule has 112 valence electrons. The van der Waals surface area contributed by atoms with Crippen LogP contribution in [0.2, 0.25) is 0 Å². The summed E-state index contributed by atoms with van der Waals surface area (Å²) in [4.78, 5) is 22.9. The highest BCUT2D eigenvalue weighted by Gasteiger charge is 2.49. The molecule has 1 fully saturated rings. The molecule has 1 aliphatic heterocycles. The minimum Gasteiger partial charge on any atom is -0.460 e. The van der Waals surface area contributed by atoms with E-state index in [9.17, 15) is 18.4 Å². The first kappa shape index (κ1) is 16.1. The number of esters is 1. The minimum atomic E-state index is -3.30. The summed E-state index contributed by atoms with van der Waals surface area (Å²) in [6.45, 7) is 5.97. The van der Waals surface area contributed by atoms with Crippen molar-refractivity contribution in [1.29, 1.82) is 5.41 Å². The zero-order chi connectivity index (χ0) is 15.5. The summed E-state index contributed by atoms with van der Waals surface area (Å²) < 4.78 is 32.5. The molecule has 0 unspecified atom stereocenters. The van der Waals surface area contributed by atoms with Crippen LogP contribution in [-0.4, -0.2) is 41.3 Å². The Morgan fingerprint density at radius 1 is 1.65 bits per heavy atom. The fourth-order valence-electron chi connectivity index (χ4n) is 1.82. The van der Waals surface area contributed by atoms with Gasteiger partial charge in [-0.3, -0.25) is 15.6 Å². The van der Waals surface area contributed by atoms with E-state index in [4.69, 9.17) is 5.41 Å². The van der Waals surface area contributed by atoms with Gasteiger partial charge in [-0.2, -0.15) is 8.78 Å². The molecule has 0 aromatic rings. The molecule has 0 saturated carbocycles. The molecule has 20 heavy (non-hydrogen) atoms.